The van der Waals surface area contributed by atoms with E-state index in [0.717, 1.165) is 0 Å². The second kappa shape index (κ2) is 10.4. The van der Waals surface area contributed by atoms with Crippen LogP contribution in [0.1, 0.15) is 58.6 Å². The number of hydrogen-bond acceptors (Lipinski definition) is 1. The zero-order chi connectivity index (χ0) is 31.8. The third kappa shape index (κ3) is 4.62. The highest BCUT2D eigenvalue weighted by atomic mass is 15.2. The zero-order valence-corrected chi connectivity index (χ0v) is 27.8. The van der Waals surface area contributed by atoms with E-state index in [2.05, 4.69) is 184 Å². The third-order valence-electron chi connectivity index (χ3n) is 10.0. The lowest BCUT2D eigenvalue weighted by molar-refractivity contribution is 0.506. The minimum Gasteiger partial charge on any atom is -0.333 e. The van der Waals surface area contributed by atoms with Gasteiger partial charge in [0.2, 0.25) is 0 Å². The molecule has 5 aromatic carbocycles. The standard InChI is InChI=1S/C44H42N2/c1-43(2,3)31-20-22-37-35-16-10-12-18-39(35)45(41(37)26-31)33-24-30(29-14-8-7-9-15-29)25-34(28-33)46-40-19-13-11-17-36(40)38-23-21-32(27-42(38)46)44(4,5)6/h7-28,37,41H,1-6H3. The average molecular weight is 599 g/mol. The normalized spacial score (nSPS) is 17.8. The number of anilines is 2. The third-order valence-corrected chi connectivity index (χ3v) is 10.0. The van der Waals surface area contributed by atoms with Crippen LogP contribution in [0.3, 0.4) is 0 Å². The van der Waals surface area contributed by atoms with Crippen LogP contribution in [0.25, 0.3) is 38.6 Å². The molecule has 2 heterocycles. The van der Waals surface area contributed by atoms with E-state index in [4.69, 9.17) is 0 Å². The van der Waals surface area contributed by atoms with Gasteiger partial charge in [0.05, 0.1) is 17.1 Å². The number of rotatable bonds is 3. The van der Waals surface area contributed by atoms with Crippen molar-refractivity contribution in [1.29, 1.82) is 0 Å². The fourth-order valence-corrected chi connectivity index (χ4v) is 7.52. The molecule has 0 saturated carbocycles. The Morgan fingerprint density at radius 3 is 2.04 bits per heavy atom. The van der Waals surface area contributed by atoms with Gasteiger partial charge in [-0.25, -0.2) is 0 Å². The van der Waals surface area contributed by atoms with Crippen molar-refractivity contribution in [2.75, 3.05) is 4.90 Å². The zero-order valence-electron chi connectivity index (χ0n) is 27.8. The maximum absolute atomic E-state index is 2.60. The number of para-hydroxylation sites is 2. The highest BCUT2D eigenvalue weighted by Gasteiger charge is 2.39. The van der Waals surface area contributed by atoms with Crippen LogP contribution in [0.15, 0.2) is 139 Å². The maximum atomic E-state index is 2.60. The maximum Gasteiger partial charge on any atom is 0.0632 e. The first kappa shape index (κ1) is 28.6. The van der Waals surface area contributed by atoms with E-state index in [1.54, 1.807) is 0 Å². The van der Waals surface area contributed by atoms with E-state index < -0.39 is 0 Å². The first-order valence-corrected chi connectivity index (χ1v) is 16.6. The van der Waals surface area contributed by atoms with Crippen LogP contribution in [0, 0.1) is 5.41 Å². The Morgan fingerprint density at radius 2 is 1.26 bits per heavy atom. The molecule has 0 spiro atoms. The SMILES string of the molecule is CC(C)(C)C1=CC2C(C=C1)c1ccccc1N2c1cc(-c2ccccc2)cc(-n2c3ccccc3c3ccc(C(C)(C)C)cc32)c1. The first-order valence-electron chi connectivity index (χ1n) is 16.6. The lowest BCUT2D eigenvalue weighted by atomic mass is 9.79. The number of allylic oxidation sites excluding steroid dienone is 2. The summed E-state index contributed by atoms with van der Waals surface area (Å²) < 4.78 is 2.49. The van der Waals surface area contributed by atoms with Crippen LogP contribution in [0.5, 0.6) is 0 Å². The predicted molar refractivity (Wildman–Crippen MR) is 197 cm³/mol. The Labute approximate surface area is 273 Å². The predicted octanol–water partition coefficient (Wildman–Crippen LogP) is 11.9. The van der Waals surface area contributed by atoms with Gasteiger partial charge < -0.3 is 9.47 Å². The molecule has 1 aliphatic carbocycles. The van der Waals surface area contributed by atoms with E-state index in [0.29, 0.717) is 5.92 Å². The van der Waals surface area contributed by atoms with Crippen molar-refractivity contribution >= 4 is 33.2 Å². The Kier molecular flexibility index (Phi) is 6.45. The van der Waals surface area contributed by atoms with E-state index in [9.17, 15) is 0 Å². The molecule has 8 rings (SSSR count). The smallest absolute Gasteiger partial charge is 0.0632 e. The van der Waals surface area contributed by atoms with Gasteiger partial charge in [0, 0.05) is 33.8 Å². The summed E-state index contributed by atoms with van der Waals surface area (Å²) >= 11 is 0. The monoisotopic (exact) mass is 598 g/mol. The minimum atomic E-state index is 0.0480. The summed E-state index contributed by atoms with van der Waals surface area (Å²) in [5.74, 6) is 0.314. The van der Waals surface area contributed by atoms with Crippen molar-refractivity contribution in [3.63, 3.8) is 0 Å². The van der Waals surface area contributed by atoms with Gasteiger partial charge in [0.25, 0.3) is 0 Å². The second-order valence-corrected chi connectivity index (χ2v) is 15.1. The summed E-state index contributed by atoms with van der Waals surface area (Å²) in [4.78, 5) is 2.60. The fourth-order valence-electron chi connectivity index (χ4n) is 7.52. The minimum absolute atomic E-state index is 0.0480. The average Bonchev–Trinajstić information content (AvgIpc) is 3.56. The van der Waals surface area contributed by atoms with Crippen molar-refractivity contribution in [1.82, 2.24) is 4.57 Å². The molecule has 0 saturated heterocycles. The van der Waals surface area contributed by atoms with Gasteiger partial charge >= 0.3 is 0 Å². The molecule has 2 heteroatoms. The summed E-state index contributed by atoms with van der Waals surface area (Å²) in [5, 5.41) is 2.57. The van der Waals surface area contributed by atoms with Crippen molar-refractivity contribution in [3.05, 3.63) is 150 Å². The van der Waals surface area contributed by atoms with Gasteiger partial charge in [-0.1, -0.05) is 139 Å². The van der Waals surface area contributed by atoms with Crippen molar-refractivity contribution in [2.24, 2.45) is 5.41 Å². The van der Waals surface area contributed by atoms with Crippen LogP contribution < -0.4 is 4.90 Å². The van der Waals surface area contributed by atoms with Crippen molar-refractivity contribution in [3.8, 4) is 16.8 Å². The van der Waals surface area contributed by atoms with Crippen molar-refractivity contribution in [2.45, 2.75) is 58.9 Å². The largest absolute Gasteiger partial charge is 0.333 e. The molecular formula is C44H42N2. The van der Waals surface area contributed by atoms with Crippen LogP contribution >= 0.6 is 0 Å². The molecular weight excluding hydrogens is 556 g/mol. The Hall–Kier alpha value is -4.82. The number of nitrogens with zero attached hydrogens (tertiary/aromatic N) is 2. The number of hydrogen-bond donors (Lipinski definition) is 0. The van der Waals surface area contributed by atoms with Gasteiger partial charge in [-0.15, -0.1) is 0 Å². The molecule has 0 fully saturated rings. The van der Waals surface area contributed by atoms with Gasteiger partial charge in [0.15, 0.2) is 0 Å². The fraction of sp³-hybridized carbons (Fsp3) is 0.227. The van der Waals surface area contributed by atoms with E-state index in [1.807, 2.05) is 0 Å². The second-order valence-electron chi connectivity index (χ2n) is 15.1. The highest BCUT2D eigenvalue weighted by Crippen LogP contribution is 2.50. The molecule has 0 bridgehead atoms. The number of aromatic nitrogens is 1. The molecule has 2 atom stereocenters. The Bertz CT molecular complexity index is 2180. The molecule has 46 heavy (non-hydrogen) atoms. The first-order chi connectivity index (χ1) is 22.1. The lowest BCUT2D eigenvalue weighted by Gasteiger charge is -2.33. The van der Waals surface area contributed by atoms with Crippen LogP contribution in [-0.2, 0) is 5.41 Å². The molecule has 2 aliphatic rings. The molecule has 6 aromatic rings. The summed E-state index contributed by atoms with van der Waals surface area (Å²) in [7, 11) is 0. The molecule has 0 amide bonds. The summed E-state index contributed by atoms with van der Waals surface area (Å²) in [6.07, 6.45) is 7.32. The molecule has 2 nitrogen and oxygen atoms in total. The lowest BCUT2D eigenvalue weighted by Crippen LogP contribution is -2.31. The van der Waals surface area contributed by atoms with Gasteiger partial charge in [-0.2, -0.15) is 0 Å². The highest BCUT2D eigenvalue weighted by molar-refractivity contribution is 6.09. The van der Waals surface area contributed by atoms with Gasteiger partial charge in [-0.05, 0) is 75.1 Å². The number of fused-ring (bicyclic) bond motifs is 6. The topological polar surface area (TPSA) is 8.17 Å². The van der Waals surface area contributed by atoms with Crippen LogP contribution in [0.4, 0.5) is 11.4 Å². The molecule has 0 radical (unpaired) electrons. The Morgan fingerprint density at radius 1 is 0.565 bits per heavy atom. The summed E-state index contributed by atoms with van der Waals surface area (Å²) in [6, 6.07) is 43.1. The van der Waals surface area contributed by atoms with E-state index in [-0.39, 0.29) is 16.9 Å². The molecule has 1 aromatic heterocycles. The van der Waals surface area contributed by atoms with E-state index in [1.165, 1.54) is 66.7 Å². The molecule has 0 N–H and O–H groups in total. The quantitative estimate of drug-likeness (QED) is 0.197. The molecule has 2 unspecified atom stereocenters. The van der Waals surface area contributed by atoms with Crippen LogP contribution in [-0.4, -0.2) is 10.6 Å². The molecule has 228 valence electrons. The van der Waals surface area contributed by atoms with E-state index >= 15 is 0 Å². The Balaban J connectivity index is 1.42. The molecule has 1 aliphatic heterocycles. The van der Waals surface area contributed by atoms with Gasteiger partial charge in [-0.3, -0.25) is 0 Å². The number of benzene rings is 5. The summed E-state index contributed by atoms with van der Waals surface area (Å²) in [5.41, 5.74) is 12.9. The van der Waals surface area contributed by atoms with Gasteiger partial charge in [0.1, 0.15) is 0 Å². The van der Waals surface area contributed by atoms with Crippen molar-refractivity contribution < 1.29 is 0 Å². The van der Waals surface area contributed by atoms with Crippen LogP contribution in [0.2, 0.25) is 0 Å². The summed E-state index contributed by atoms with van der Waals surface area (Å²) in [6.45, 7) is 13.9.